The third-order valence-electron chi connectivity index (χ3n) is 6.56. The van der Waals surface area contributed by atoms with Crippen LogP contribution in [0.15, 0.2) is 45.3 Å². The minimum absolute atomic E-state index is 0.0102. The number of fused-ring (bicyclic) bond motifs is 1. The zero-order chi connectivity index (χ0) is 20.9. The Morgan fingerprint density at radius 1 is 1.17 bits per heavy atom. The summed E-state index contributed by atoms with van der Waals surface area (Å²) in [5.41, 5.74) is 1.21. The van der Waals surface area contributed by atoms with E-state index in [4.69, 9.17) is 9.72 Å². The van der Waals surface area contributed by atoms with Crippen LogP contribution in [0, 0.1) is 5.41 Å². The SMILES string of the molecule is C[C@H]1CC2(CCN(c3ncc(Sc4ccnc5c4ccn5C)c(=O)n3C)CC2)CO1. The van der Waals surface area contributed by atoms with Gasteiger partial charge in [-0.25, -0.2) is 9.97 Å². The molecule has 2 saturated heterocycles. The fourth-order valence-electron chi connectivity index (χ4n) is 4.80. The van der Waals surface area contributed by atoms with Crippen molar-refractivity contribution in [3.05, 3.63) is 41.1 Å². The summed E-state index contributed by atoms with van der Waals surface area (Å²) in [6.45, 7) is 4.86. The topological polar surface area (TPSA) is 65.2 Å². The Kier molecular flexibility index (Phi) is 4.86. The van der Waals surface area contributed by atoms with Gasteiger partial charge < -0.3 is 14.2 Å². The van der Waals surface area contributed by atoms with Gasteiger partial charge in [0.15, 0.2) is 0 Å². The number of hydrogen-bond donors (Lipinski definition) is 0. The van der Waals surface area contributed by atoms with Crippen LogP contribution in [0.2, 0.25) is 0 Å². The van der Waals surface area contributed by atoms with Gasteiger partial charge in [0.2, 0.25) is 5.95 Å². The zero-order valence-corrected chi connectivity index (χ0v) is 18.5. The molecule has 0 amide bonds. The maximum atomic E-state index is 13.1. The van der Waals surface area contributed by atoms with Crippen molar-refractivity contribution in [2.24, 2.45) is 19.5 Å². The van der Waals surface area contributed by atoms with Crippen LogP contribution in [0.3, 0.4) is 0 Å². The van der Waals surface area contributed by atoms with Gasteiger partial charge in [-0.15, -0.1) is 0 Å². The second kappa shape index (κ2) is 7.42. The highest BCUT2D eigenvalue weighted by Gasteiger charge is 2.41. The van der Waals surface area contributed by atoms with Gasteiger partial charge in [0, 0.05) is 49.9 Å². The number of aryl methyl sites for hydroxylation is 1. The number of pyridine rings is 1. The summed E-state index contributed by atoms with van der Waals surface area (Å²) in [5.74, 6) is 0.755. The molecule has 2 fully saturated rings. The highest BCUT2D eigenvalue weighted by atomic mass is 32.2. The molecule has 0 aromatic carbocycles. The van der Waals surface area contributed by atoms with Crippen molar-refractivity contribution in [3.63, 3.8) is 0 Å². The van der Waals surface area contributed by atoms with Crippen molar-refractivity contribution in [3.8, 4) is 0 Å². The highest BCUT2D eigenvalue weighted by Crippen LogP contribution is 2.42. The van der Waals surface area contributed by atoms with Crippen molar-refractivity contribution < 1.29 is 4.74 Å². The average Bonchev–Trinajstić information content (AvgIpc) is 3.30. The normalized spacial score (nSPS) is 21.0. The Morgan fingerprint density at radius 2 is 1.97 bits per heavy atom. The number of ether oxygens (including phenoxy) is 1. The van der Waals surface area contributed by atoms with Gasteiger partial charge in [0.05, 0.1) is 23.8 Å². The molecule has 3 aromatic heterocycles. The van der Waals surface area contributed by atoms with E-state index in [0.29, 0.717) is 16.4 Å². The van der Waals surface area contributed by atoms with Crippen LogP contribution < -0.4 is 10.5 Å². The van der Waals surface area contributed by atoms with E-state index < -0.39 is 0 Å². The largest absolute Gasteiger partial charge is 0.378 e. The maximum Gasteiger partial charge on any atom is 0.268 e. The Balaban J connectivity index is 1.37. The minimum atomic E-state index is -0.0102. The Morgan fingerprint density at radius 3 is 2.70 bits per heavy atom. The van der Waals surface area contributed by atoms with Gasteiger partial charge in [0.1, 0.15) is 5.65 Å². The Labute approximate surface area is 180 Å². The van der Waals surface area contributed by atoms with E-state index in [1.165, 1.54) is 11.8 Å². The molecule has 0 saturated carbocycles. The molecule has 0 aliphatic carbocycles. The third kappa shape index (κ3) is 3.32. The molecule has 1 spiro atoms. The van der Waals surface area contributed by atoms with Crippen molar-refractivity contribution >= 4 is 28.7 Å². The van der Waals surface area contributed by atoms with E-state index in [2.05, 4.69) is 16.8 Å². The van der Waals surface area contributed by atoms with E-state index in [1.54, 1.807) is 17.0 Å². The molecule has 0 bridgehead atoms. The molecule has 2 aliphatic rings. The maximum absolute atomic E-state index is 13.1. The summed E-state index contributed by atoms with van der Waals surface area (Å²) in [6.07, 6.45) is 9.18. The summed E-state index contributed by atoms with van der Waals surface area (Å²) < 4.78 is 9.51. The molecule has 0 unspecified atom stereocenters. The average molecular weight is 426 g/mol. The lowest BCUT2D eigenvalue weighted by Crippen LogP contribution is -2.43. The second-order valence-corrected chi connectivity index (χ2v) is 9.76. The first-order chi connectivity index (χ1) is 14.5. The number of anilines is 1. The van der Waals surface area contributed by atoms with Gasteiger partial charge in [-0.1, -0.05) is 11.8 Å². The van der Waals surface area contributed by atoms with Crippen molar-refractivity contribution in [2.45, 2.75) is 42.1 Å². The van der Waals surface area contributed by atoms with Crippen molar-refractivity contribution in [1.29, 1.82) is 0 Å². The van der Waals surface area contributed by atoms with E-state index >= 15 is 0 Å². The van der Waals surface area contributed by atoms with Crippen LogP contribution in [-0.2, 0) is 18.8 Å². The lowest BCUT2D eigenvalue weighted by molar-refractivity contribution is 0.0974. The van der Waals surface area contributed by atoms with Crippen LogP contribution in [-0.4, -0.2) is 44.9 Å². The van der Waals surface area contributed by atoms with Crippen LogP contribution in [0.5, 0.6) is 0 Å². The lowest BCUT2D eigenvalue weighted by Gasteiger charge is -2.39. The lowest BCUT2D eigenvalue weighted by atomic mass is 9.77. The molecule has 3 aromatic rings. The quantitative estimate of drug-likeness (QED) is 0.642. The predicted octanol–water partition coefficient (Wildman–Crippen LogP) is 3.21. The molecule has 2 aliphatic heterocycles. The van der Waals surface area contributed by atoms with Crippen LogP contribution in [0.1, 0.15) is 26.2 Å². The molecule has 5 heterocycles. The number of aromatic nitrogens is 4. The Hall–Kier alpha value is -2.32. The number of hydrogen-bond acceptors (Lipinski definition) is 6. The van der Waals surface area contributed by atoms with Crippen LogP contribution in [0.4, 0.5) is 5.95 Å². The summed E-state index contributed by atoms with van der Waals surface area (Å²) in [7, 11) is 3.80. The molecule has 7 nitrogen and oxygen atoms in total. The first kappa shape index (κ1) is 19.6. The fourth-order valence-corrected chi connectivity index (χ4v) is 5.77. The molecular formula is C22H27N5O2S. The number of nitrogens with zero attached hydrogens (tertiary/aromatic N) is 5. The van der Waals surface area contributed by atoms with Gasteiger partial charge in [-0.2, -0.15) is 0 Å². The first-order valence-corrected chi connectivity index (χ1v) is 11.3. The summed E-state index contributed by atoms with van der Waals surface area (Å²) in [6, 6.07) is 3.99. The molecule has 0 N–H and O–H groups in total. The monoisotopic (exact) mass is 425 g/mol. The molecule has 8 heteroatoms. The molecule has 5 rings (SSSR count). The van der Waals surface area contributed by atoms with Crippen LogP contribution in [0.25, 0.3) is 11.0 Å². The van der Waals surface area contributed by atoms with Gasteiger partial charge in [-0.3, -0.25) is 9.36 Å². The fraction of sp³-hybridized carbons (Fsp3) is 0.500. The molecule has 30 heavy (non-hydrogen) atoms. The highest BCUT2D eigenvalue weighted by molar-refractivity contribution is 7.99. The Bertz CT molecular complexity index is 1150. The standard InChI is InChI=1S/C22H27N5O2S/c1-15-12-22(14-29-15)6-10-27(11-7-22)21-24-13-18(20(28)26(21)3)30-17-4-8-23-19-16(17)5-9-25(19)2/h4-5,8-9,13,15H,6-7,10-12,14H2,1-3H3/t15-/m0/s1. The zero-order valence-electron chi connectivity index (χ0n) is 17.7. The van der Waals surface area contributed by atoms with E-state index in [0.717, 1.165) is 60.8 Å². The second-order valence-electron chi connectivity index (χ2n) is 8.67. The van der Waals surface area contributed by atoms with Gasteiger partial charge in [0.25, 0.3) is 5.56 Å². The van der Waals surface area contributed by atoms with Crippen molar-refractivity contribution in [2.75, 3.05) is 24.6 Å². The number of rotatable bonds is 3. The predicted molar refractivity (Wildman–Crippen MR) is 118 cm³/mol. The third-order valence-corrected chi connectivity index (χ3v) is 7.64. The number of piperidine rings is 1. The molecule has 0 radical (unpaired) electrons. The van der Waals surface area contributed by atoms with Gasteiger partial charge in [-0.05, 0) is 43.7 Å². The summed E-state index contributed by atoms with van der Waals surface area (Å²) in [5, 5.41) is 1.05. The molecule has 1 atom stereocenters. The summed E-state index contributed by atoms with van der Waals surface area (Å²) in [4.78, 5) is 26.1. The molecular weight excluding hydrogens is 398 g/mol. The summed E-state index contributed by atoms with van der Waals surface area (Å²) >= 11 is 1.46. The van der Waals surface area contributed by atoms with E-state index in [1.807, 2.05) is 37.0 Å². The smallest absolute Gasteiger partial charge is 0.268 e. The van der Waals surface area contributed by atoms with E-state index in [-0.39, 0.29) is 5.56 Å². The van der Waals surface area contributed by atoms with Gasteiger partial charge >= 0.3 is 0 Å². The van der Waals surface area contributed by atoms with Crippen LogP contribution >= 0.6 is 11.8 Å². The van der Waals surface area contributed by atoms with Crippen molar-refractivity contribution in [1.82, 2.24) is 19.1 Å². The van der Waals surface area contributed by atoms with E-state index in [9.17, 15) is 4.79 Å². The minimum Gasteiger partial charge on any atom is -0.378 e. The first-order valence-electron chi connectivity index (χ1n) is 10.5. The molecule has 158 valence electrons.